The third-order valence-corrected chi connectivity index (χ3v) is 3.69. The molecule has 0 bridgehead atoms. The van der Waals surface area contributed by atoms with Crippen LogP contribution < -0.4 is 0 Å². The van der Waals surface area contributed by atoms with E-state index in [1.165, 1.54) is 6.07 Å². The summed E-state index contributed by atoms with van der Waals surface area (Å²) >= 11 is 6.15. The molecule has 0 spiro atoms. The van der Waals surface area contributed by atoms with Crippen LogP contribution in [0.3, 0.4) is 0 Å². The normalized spacial score (nSPS) is 10.7. The Kier molecular flexibility index (Phi) is 3.59. The van der Waals surface area contributed by atoms with Crippen LogP contribution in [-0.2, 0) is 6.42 Å². The van der Waals surface area contributed by atoms with Gasteiger partial charge in [0.25, 0.3) is 0 Å². The Bertz CT molecular complexity index is 830. The molecule has 104 valence electrons. The number of fused-ring (bicyclic) bond motifs is 1. The van der Waals surface area contributed by atoms with E-state index in [1.807, 2.05) is 36.4 Å². The number of rotatable bonds is 3. The summed E-state index contributed by atoms with van der Waals surface area (Å²) < 4.78 is 0. The average Bonchev–Trinajstić information content (AvgIpc) is 2.49. The summed E-state index contributed by atoms with van der Waals surface area (Å²) in [6.07, 6.45) is 0.505. The lowest BCUT2D eigenvalue weighted by Crippen LogP contribution is -1.99. The minimum absolute atomic E-state index is 0.232. The summed E-state index contributed by atoms with van der Waals surface area (Å²) in [7, 11) is 0. The highest BCUT2D eigenvalue weighted by Gasteiger charge is 2.09. The van der Waals surface area contributed by atoms with Crippen LogP contribution in [-0.4, -0.2) is 16.1 Å². The first-order valence-electron chi connectivity index (χ1n) is 6.50. The van der Waals surface area contributed by atoms with E-state index in [0.717, 1.165) is 22.2 Å². The van der Waals surface area contributed by atoms with Gasteiger partial charge < -0.3 is 5.11 Å². The Labute approximate surface area is 126 Å². The van der Waals surface area contributed by atoms with Crippen molar-refractivity contribution in [1.29, 1.82) is 0 Å². The molecule has 0 amide bonds. The molecule has 4 heteroatoms. The van der Waals surface area contributed by atoms with Crippen LogP contribution in [0.1, 0.15) is 21.6 Å². The Hall–Kier alpha value is -2.39. The van der Waals surface area contributed by atoms with Crippen LogP contribution in [0.15, 0.2) is 54.6 Å². The molecule has 0 saturated carbocycles. The summed E-state index contributed by atoms with van der Waals surface area (Å²) in [6, 6.07) is 16.5. The highest BCUT2D eigenvalue weighted by molar-refractivity contribution is 6.31. The van der Waals surface area contributed by atoms with E-state index in [4.69, 9.17) is 16.7 Å². The summed E-state index contributed by atoms with van der Waals surface area (Å²) in [5.74, 6) is -0.959. The zero-order valence-corrected chi connectivity index (χ0v) is 11.8. The minimum atomic E-state index is -0.959. The molecule has 3 nitrogen and oxygen atoms in total. The lowest BCUT2D eigenvalue weighted by Gasteiger charge is -2.06. The summed E-state index contributed by atoms with van der Waals surface area (Å²) in [6.45, 7) is 0. The summed E-state index contributed by atoms with van der Waals surface area (Å²) in [5.41, 5.74) is 2.77. The van der Waals surface area contributed by atoms with Gasteiger partial charge >= 0.3 is 5.97 Å². The molecular weight excluding hydrogens is 286 g/mol. The van der Waals surface area contributed by atoms with E-state index in [9.17, 15) is 4.79 Å². The molecule has 0 aliphatic carbocycles. The fourth-order valence-electron chi connectivity index (χ4n) is 2.25. The number of carboxylic acid groups (broad SMARTS) is 1. The van der Waals surface area contributed by atoms with Crippen molar-refractivity contribution in [2.45, 2.75) is 6.42 Å². The van der Waals surface area contributed by atoms with Gasteiger partial charge in [-0.15, -0.1) is 0 Å². The Morgan fingerprint density at radius 3 is 2.71 bits per heavy atom. The highest BCUT2D eigenvalue weighted by Crippen LogP contribution is 2.21. The molecule has 0 aliphatic heterocycles. The molecule has 0 fully saturated rings. The van der Waals surface area contributed by atoms with Crippen LogP contribution in [0.25, 0.3) is 10.9 Å². The van der Waals surface area contributed by atoms with Crippen molar-refractivity contribution in [1.82, 2.24) is 4.98 Å². The predicted molar refractivity (Wildman–Crippen MR) is 83.0 cm³/mol. The second kappa shape index (κ2) is 5.54. The zero-order valence-electron chi connectivity index (χ0n) is 11.1. The third kappa shape index (κ3) is 2.88. The van der Waals surface area contributed by atoms with Crippen molar-refractivity contribution in [3.05, 3.63) is 76.4 Å². The number of pyridine rings is 1. The van der Waals surface area contributed by atoms with Crippen LogP contribution in [0.5, 0.6) is 0 Å². The molecule has 0 atom stereocenters. The molecular formula is C17H12ClNO2. The fourth-order valence-corrected chi connectivity index (χ4v) is 2.43. The first-order valence-corrected chi connectivity index (χ1v) is 6.88. The maximum atomic E-state index is 11.0. The lowest BCUT2D eigenvalue weighted by molar-refractivity contribution is 0.0697. The number of benzene rings is 2. The number of carboxylic acids is 1. The van der Waals surface area contributed by atoms with Gasteiger partial charge in [0.1, 0.15) is 0 Å². The number of halogens is 1. The molecule has 0 saturated heterocycles. The van der Waals surface area contributed by atoms with E-state index in [0.29, 0.717) is 11.4 Å². The van der Waals surface area contributed by atoms with Gasteiger partial charge in [0, 0.05) is 22.5 Å². The molecule has 1 aromatic heterocycles. The summed E-state index contributed by atoms with van der Waals surface area (Å²) in [4.78, 5) is 15.6. The maximum absolute atomic E-state index is 11.0. The second-order valence-electron chi connectivity index (χ2n) is 4.78. The van der Waals surface area contributed by atoms with Crippen LogP contribution >= 0.6 is 11.6 Å². The highest BCUT2D eigenvalue weighted by atomic mass is 35.5. The lowest BCUT2D eigenvalue weighted by atomic mass is 10.1. The monoisotopic (exact) mass is 297 g/mol. The van der Waals surface area contributed by atoms with Gasteiger partial charge in [-0.2, -0.15) is 0 Å². The number of carbonyl (C=O) groups is 1. The van der Waals surface area contributed by atoms with Gasteiger partial charge in [-0.25, -0.2) is 4.79 Å². The van der Waals surface area contributed by atoms with Crippen molar-refractivity contribution < 1.29 is 9.90 Å². The maximum Gasteiger partial charge on any atom is 0.335 e. The molecule has 1 N–H and O–H groups in total. The zero-order chi connectivity index (χ0) is 14.8. The minimum Gasteiger partial charge on any atom is -0.478 e. The number of aromatic carboxylic acids is 1. The number of hydrogen-bond acceptors (Lipinski definition) is 2. The van der Waals surface area contributed by atoms with Crippen LogP contribution in [0.2, 0.25) is 5.02 Å². The van der Waals surface area contributed by atoms with Crippen LogP contribution in [0.4, 0.5) is 0 Å². The van der Waals surface area contributed by atoms with E-state index in [-0.39, 0.29) is 5.56 Å². The van der Waals surface area contributed by atoms with E-state index in [2.05, 4.69) is 4.98 Å². The second-order valence-corrected chi connectivity index (χ2v) is 5.19. The van der Waals surface area contributed by atoms with Crippen molar-refractivity contribution in [2.24, 2.45) is 0 Å². The molecule has 0 radical (unpaired) electrons. The molecule has 1 heterocycles. The molecule has 3 rings (SSSR count). The van der Waals surface area contributed by atoms with Gasteiger partial charge in [0.15, 0.2) is 0 Å². The Morgan fingerprint density at radius 1 is 1.10 bits per heavy atom. The quantitative estimate of drug-likeness (QED) is 0.789. The third-order valence-electron chi connectivity index (χ3n) is 3.32. The van der Waals surface area contributed by atoms with Gasteiger partial charge in [-0.1, -0.05) is 35.9 Å². The number of hydrogen-bond donors (Lipinski definition) is 1. The average molecular weight is 298 g/mol. The van der Waals surface area contributed by atoms with Gasteiger partial charge in [-0.3, -0.25) is 4.98 Å². The number of nitrogens with zero attached hydrogens (tertiary/aromatic N) is 1. The topological polar surface area (TPSA) is 50.2 Å². The molecule has 3 aromatic rings. The smallest absolute Gasteiger partial charge is 0.335 e. The largest absolute Gasteiger partial charge is 0.478 e. The Morgan fingerprint density at radius 2 is 1.90 bits per heavy atom. The van der Waals surface area contributed by atoms with E-state index >= 15 is 0 Å². The first kappa shape index (κ1) is 13.6. The number of para-hydroxylation sites is 1. The van der Waals surface area contributed by atoms with E-state index in [1.54, 1.807) is 12.1 Å². The molecule has 21 heavy (non-hydrogen) atoms. The van der Waals surface area contributed by atoms with Crippen molar-refractivity contribution >= 4 is 28.5 Å². The van der Waals surface area contributed by atoms with Gasteiger partial charge in [0.05, 0.1) is 11.1 Å². The standard InChI is InChI=1S/C17H12ClNO2/c18-15-8-6-12(17(20)21)9-13(15)10-14-7-5-11-3-1-2-4-16(11)19-14/h1-9H,10H2,(H,20,21). The van der Waals surface area contributed by atoms with E-state index < -0.39 is 5.97 Å². The van der Waals surface area contributed by atoms with Crippen molar-refractivity contribution in [3.63, 3.8) is 0 Å². The van der Waals surface area contributed by atoms with Crippen molar-refractivity contribution in [2.75, 3.05) is 0 Å². The Balaban J connectivity index is 1.98. The summed E-state index contributed by atoms with van der Waals surface area (Å²) in [5, 5.41) is 10.7. The fraction of sp³-hybridized carbons (Fsp3) is 0.0588. The molecule has 0 aliphatic rings. The predicted octanol–water partition coefficient (Wildman–Crippen LogP) is 4.18. The first-order chi connectivity index (χ1) is 10.1. The van der Waals surface area contributed by atoms with Crippen LogP contribution in [0, 0.1) is 0 Å². The van der Waals surface area contributed by atoms with Gasteiger partial charge in [-0.05, 0) is 35.9 Å². The molecule has 0 unspecified atom stereocenters. The number of aromatic nitrogens is 1. The molecule has 2 aromatic carbocycles. The van der Waals surface area contributed by atoms with Crippen molar-refractivity contribution in [3.8, 4) is 0 Å². The SMILES string of the molecule is O=C(O)c1ccc(Cl)c(Cc2ccc3ccccc3n2)c1. The van der Waals surface area contributed by atoms with Gasteiger partial charge in [0.2, 0.25) is 0 Å².